The van der Waals surface area contributed by atoms with E-state index in [1.165, 1.54) is 76.1 Å². The van der Waals surface area contributed by atoms with E-state index in [2.05, 4.69) is 182 Å². The molecule has 3 heterocycles. The van der Waals surface area contributed by atoms with Gasteiger partial charge in [0.1, 0.15) is 0 Å². The molecule has 1 fully saturated rings. The smallest absolute Gasteiger partial charge is 0.252 e. The Morgan fingerprint density at radius 3 is 1.94 bits per heavy atom. The van der Waals surface area contributed by atoms with E-state index in [4.69, 9.17) is 0 Å². The molecule has 250 valence electrons. The van der Waals surface area contributed by atoms with Gasteiger partial charge in [-0.3, -0.25) is 0 Å². The monoisotopic (exact) mass is 661 g/mol. The molecule has 2 atom stereocenters. The van der Waals surface area contributed by atoms with Gasteiger partial charge in [0.25, 0.3) is 6.71 Å². The quantitative estimate of drug-likeness (QED) is 0.170. The van der Waals surface area contributed by atoms with Crippen LogP contribution in [0.25, 0.3) is 0 Å². The lowest BCUT2D eigenvalue weighted by molar-refractivity contribution is 0.195. The molecular formula is C47H44BN3. The number of hydrogen-bond donors (Lipinski definition) is 0. The van der Waals surface area contributed by atoms with Crippen molar-refractivity contribution in [2.45, 2.75) is 70.3 Å². The van der Waals surface area contributed by atoms with Crippen molar-refractivity contribution in [1.82, 2.24) is 0 Å². The van der Waals surface area contributed by atoms with Gasteiger partial charge < -0.3 is 14.7 Å². The second kappa shape index (κ2) is 11.1. The molecule has 1 aliphatic carbocycles. The normalized spacial score (nSPS) is 20.8. The molecule has 0 radical (unpaired) electrons. The zero-order valence-corrected chi connectivity index (χ0v) is 30.1. The molecule has 6 aromatic carbocycles. The Bertz CT molecular complexity index is 2260. The third-order valence-corrected chi connectivity index (χ3v) is 12.9. The molecule has 0 spiro atoms. The maximum absolute atomic E-state index is 2.84. The molecular weight excluding hydrogens is 617 g/mol. The summed E-state index contributed by atoms with van der Waals surface area (Å²) < 4.78 is 0. The maximum atomic E-state index is 2.84. The van der Waals surface area contributed by atoms with Gasteiger partial charge in [-0.15, -0.1) is 0 Å². The molecule has 3 aliphatic heterocycles. The van der Waals surface area contributed by atoms with Crippen molar-refractivity contribution in [3.05, 3.63) is 151 Å². The molecule has 3 nitrogen and oxygen atoms in total. The number of anilines is 8. The highest BCUT2D eigenvalue weighted by Gasteiger charge is 2.61. The first-order valence-corrected chi connectivity index (χ1v) is 18.9. The van der Waals surface area contributed by atoms with Gasteiger partial charge >= 0.3 is 0 Å². The van der Waals surface area contributed by atoms with Gasteiger partial charge in [0.2, 0.25) is 0 Å². The second-order valence-electron chi connectivity index (χ2n) is 15.9. The highest BCUT2D eigenvalue weighted by atomic mass is 15.3. The van der Waals surface area contributed by atoms with Crippen molar-refractivity contribution in [2.75, 3.05) is 14.7 Å². The molecule has 1 saturated carbocycles. The van der Waals surface area contributed by atoms with E-state index < -0.39 is 0 Å². The van der Waals surface area contributed by atoms with Crippen LogP contribution in [0.4, 0.5) is 45.5 Å². The summed E-state index contributed by atoms with van der Waals surface area (Å²) in [6.07, 6.45) is 5.02. The number of rotatable bonds is 5. The van der Waals surface area contributed by atoms with Gasteiger partial charge in [-0.05, 0) is 114 Å². The standard InChI is InChI=1S/C47H44BN3/c1-32(2)33-29-42-44-43(30-33)51-45-38(46(3)27-14-15-28-47(46,51)4)23-16-24-40(45)48(44)39-26-25-37(31-41(39)50(42)36-21-12-7-13-22-36)49(34-17-8-5-9-18-34)35-19-10-6-11-20-35/h5-13,16-26,29-32H,14-15,27-28H2,1-4H3. The van der Waals surface area contributed by atoms with E-state index >= 15 is 0 Å². The fourth-order valence-corrected chi connectivity index (χ4v) is 10.2. The van der Waals surface area contributed by atoms with Gasteiger partial charge in [-0.25, -0.2) is 0 Å². The van der Waals surface area contributed by atoms with Crippen molar-refractivity contribution >= 4 is 68.6 Å². The Labute approximate surface area is 303 Å². The summed E-state index contributed by atoms with van der Waals surface area (Å²) in [5.41, 5.74) is 17.4. The number of para-hydroxylation sites is 4. The topological polar surface area (TPSA) is 9.72 Å². The van der Waals surface area contributed by atoms with Crippen LogP contribution in [0.15, 0.2) is 140 Å². The highest BCUT2D eigenvalue weighted by molar-refractivity contribution is 7.00. The summed E-state index contributed by atoms with van der Waals surface area (Å²) in [4.78, 5) is 7.80. The van der Waals surface area contributed by atoms with Gasteiger partial charge in [0, 0.05) is 50.9 Å². The minimum atomic E-state index is 0.0195. The van der Waals surface area contributed by atoms with Crippen LogP contribution in [0.5, 0.6) is 0 Å². The molecule has 4 heteroatoms. The predicted octanol–water partition coefficient (Wildman–Crippen LogP) is 10.6. The lowest BCUT2D eigenvalue weighted by Gasteiger charge is -2.53. The number of hydrogen-bond acceptors (Lipinski definition) is 3. The molecule has 0 aromatic heterocycles. The van der Waals surface area contributed by atoms with Gasteiger partial charge in [-0.1, -0.05) is 112 Å². The number of benzene rings is 6. The summed E-state index contributed by atoms with van der Waals surface area (Å²) in [7, 11) is 0. The van der Waals surface area contributed by atoms with Crippen LogP contribution >= 0.6 is 0 Å². The molecule has 0 amide bonds. The molecule has 10 rings (SSSR count). The van der Waals surface area contributed by atoms with Crippen LogP contribution in [0.2, 0.25) is 0 Å². The second-order valence-corrected chi connectivity index (χ2v) is 15.9. The Morgan fingerprint density at radius 1 is 0.608 bits per heavy atom. The average molecular weight is 662 g/mol. The molecule has 0 bridgehead atoms. The van der Waals surface area contributed by atoms with Crippen LogP contribution in [-0.2, 0) is 5.41 Å². The van der Waals surface area contributed by atoms with Gasteiger partial charge in [0.15, 0.2) is 0 Å². The van der Waals surface area contributed by atoms with Crippen LogP contribution in [0.1, 0.15) is 70.4 Å². The van der Waals surface area contributed by atoms with E-state index in [1.807, 2.05) is 0 Å². The SMILES string of the molecule is CC(C)c1cc2c3c(c1)N1c4c(cccc4C4(C)CCCCC14C)B3c1ccc(N(c3ccccc3)c3ccccc3)cc1N2c1ccccc1. The molecule has 0 saturated heterocycles. The lowest BCUT2D eigenvalue weighted by atomic mass is 9.33. The minimum absolute atomic E-state index is 0.0195. The molecule has 51 heavy (non-hydrogen) atoms. The van der Waals surface area contributed by atoms with Crippen LogP contribution < -0.4 is 31.1 Å². The summed E-state index contributed by atoms with van der Waals surface area (Å²) in [5, 5.41) is 0. The summed E-state index contributed by atoms with van der Waals surface area (Å²) in [5.74, 6) is 0.395. The third-order valence-electron chi connectivity index (χ3n) is 12.9. The Balaban J connectivity index is 1.29. The van der Waals surface area contributed by atoms with E-state index in [9.17, 15) is 0 Å². The van der Waals surface area contributed by atoms with Crippen molar-refractivity contribution in [3.63, 3.8) is 0 Å². The Morgan fingerprint density at radius 2 is 1.25 bits per heavy atom. The summed E-state index contributed by atoms with van der Waals surface area (Å²) in [6, 6.07) is 52.2. The molecule has 0 N–H and O–H groups in total. The first-order chi connectivity index (χ1) is 24.9. The first kappa shape index (κ1) is 30.6. The van der Waals surface area contributed by atoms with Crippen molar-refractivity contribution in [1.29, 1.82) is 0 Å². The fraction of sp³-hybridized carbons (Fsp3) is 0.234. The third kappa shape index (κ3) is 4.20. The summed E-state index contributed by atoms with van der Waals surface area (Å²) >= 11 is 0. The van der Waals surface area contributed by atoms with E-state index in [0.29, 0.717) is 5.92 Å². The minimum Gasteiger partial charge on any atom is -0.335 e. The van der Waals surface area contributed by atoms with Crippen molar-refractivity contribution < 1.29 is 0 Å². The lowest BCUT2D eigenvalue weighted by Crippen LogP contribution is -2.64. The van der Waals surface area contributed by atoms with Crippen molar-refractivity contribution in [3.8, 4) is 0 Å². The van der Waals surface area contributed by atoms with E-state index in [1.54, 1.807) is 5.56 Å². The van der Waals surface area contributed by atoms with E-state index in [-0.39, 0.29) is 17.7 Å². The Hall–Kier alpha value is -5.22. The number of nitrogens with zero attached hydrogens (tertiary/aromatic N) is 3. The maximum Gasteiger partial charge on any atom is 0.252 e. The fourth-order valence-electron chi connectivity index (χ4n) is 10.2. The average Bonchev–Trinajstić information content (AvgIpc) is 3.38. The molecule has 6 aromatic rings. The molecule has 4 aliphatic rings. The van der Waals surface area contributed by atoms with Gasteiger partial charge in [0.05, 0.1) is 5.54 Å². The van der Waals surface area contributed by atoms with E-state index in [0.717, 1.165) is 17.1 Å². The van der Waals surface area contributed by atoms with Crippen LogP contribution in [-0.4, -0.2) is 12.3 Å². The van der Waals surface area contributed by atoms with Crippen LogP contribution in [0.3, 0.4) is 0 Å². The number of fused-ring (bicyclic) bond motifs is 7. The summed E-state index contributed by atoms with van der Waals surface area (Å²) in [6.45, 7) is 9.98. The molecule has 2 unspecified atom stereocenters. The Kier molecular flexibility index (Phi) is 6.68. The largest absolute Gasteiger partial charge is 0.335 e. The zero-order chi connectivity index (χ0) is 34.5. The van der Waals surface area contributed by atoms with Gasteiger partial charge in [-0.2, -0.15) is 0 Å². The highest BCUT2D eigenvalue weighted by Crippen LogP contribution is 2.61. The van der Waals surface area contributed by atoms with Crippen molar-refractivity contribution in [2.24, 2.45) is 0 Å². The van der Waals surface area contributed by atoms with Crippen LogP contribution in [0, 0.1) is 0 Å². The zero-order valence-electron chi connectivity index (χ0n) is 30.1. The first-order valence-electron chi connectivity index (χ1n) is 18.9. The predicted molar refractivity (Wildman–Crippen MR) is 217 cm³/mol.